The van der Waals surface area contributed by atoms with Crippen LogP contribution in [0.2, 0.25) is 0 Å². The molecule has 7 rings (SSSR count). The van der Waals surface area contributed by atoms with Crippen molar-refractivity contribution in [3.8, 4) is 5.69 Å². The molecule has 0 radical (unpaired) electrons. The SMILES string of the molecule is CC1(C)CN(Cc2ccc(-n3ncc4ccccc43)cc2)CC[C@]1(O)c1ccc2ncc(C3CCC(=O)NC3=O)cc2c1F. The molecule has 9 heteroatoms. The lowest BCUT2D eigenvalue weighted by Gasteiger charge is -2.50. The summed E-state index contributed by atoms with van der Waals surface area (Å²) in [5.74, 6) is -1.78. The van der Waals surface area contributed by atoms with Gasteiger partial charge in [-0.1, -0.05) is 50.2 Å². The zero-order valence-electron chi connectivity index (χ0n) is 24.8. The van der Waals surface area contributed by atoms with Crippen molar-refractivity contribution in [2.75, 3.05) is 13.1 Å². The van der Waals surface area contributed by atoms with Crippen LogP contribution in [0.3, 0.4) is 0 Å². The molecule has 0 bridgehead atoms. The van der Waals surface area contributed by atoms with E-state index in [1.54, 1.807) is 24.4 Å². The molecule has 4 heterocycles. The summed E-state index contributed by atoms with van der Waals surface area (Å²) in [6.07, 6.45) is 4.39. The summed E-state index contributed by atoms with van der Waals surface area (Å²) in [5, 5.41) is 20.4. The predicted octanol–water partition coefficient (Wildman–Crippen LogP) is 5.35. The Labute approximate surface area is 254 Å². The van der Waals surface area contributed by atoms with E-state index < -0.39 is 28.7 Å². The van der Waals surface area contributed by atoms with Crippen LogP contribution < -0.4 is 5.32 Å². The van der Waals surface area contributed by atoms with E-state index in [1.165, 1.54) is 0 Å². The fraction of sp³-hybridized carbons (Fsp3) is 0.314. The van der Waals surface area contributed by atoms with E-state index >= 15 is 4.39 Å². The Morgan fingerprint density at radius 1 is 1.05 bits per heavy atom. The lowest BCUT2D eigenvalue weighted by molar-refractivity contribution is -0.134. The van der Waals surface area contributed by atoms with Crippen LogP contribution >= 0.6 is 0 Å². The van der Waals surface area contributed by atoms with Crippen LogP contribution in [-0.4, -0.2) is 49.7 Å². The van der Waals surface area contributed by atoms with Gasteiger partial charge >= 0.3 is 0 Å². The molecule has 44 heavy (non-hydrogen) atoms. The van der Waals surface area contributed by atoms with Crippen LogP contribution in [-0.2, 0) is 21.7 Å². The molecule has 0 saturated carbocycles. The summed E-state index contributed by atoms with van der Waals surface area (Å²) in [6, 6.07) is 21.5. The van der Waals surface area contributed by atoms with Gasteiger partial charge in [-0.3, -0.25) is 24.8 Å². The summed E-state index contributed by atoms with van der Waals surface area (Å²) in [6.45, 7) is 5.83. The number of halogens is 1. The van der Waals surface area contributed by atoms with Gasteiger partial charge in [-0.15, -0.1) is 0 Å². The van der Waals surface area contributed by atoms with Gasteiger partial charge in [0.25, 0.3) is 0 Å². The van der Waals surface area contributed by atoms with Gasteiger partial charge in [0.2, 0.25) is 11.8 Å². The Balaban J connectivity index is 1.10. The second-order valence-corrected chi connectivity index (χ2v) is 12.8. The molecule has 2 aliphatic rings. The highest BCUT2D eigenvalue weighted by atomic mass is 19.1. The van der Waals surface area contributed by atoms with E-state index in [2.05, 4.69) is 50.6 Å². The molecule has 224 valence electrons. The molecule has 5 aromatic rings. The third kappa shape index (κ3) is 4.76. The van der Waals surface area contributed by atoms with Crippen LogP contribution in [0.25, 0.3) is 27.5 Å². The monoisotopic (exact) mass is 591 g/mol. The number of likely N-dealkylation sites (tertiary alicyclic amines) is 1. The van der Waals surface area contributed by atoms with E-state index in [-0.39, 0.29) is 23.3 Å². The summed E-state index contributed by atoms with van der Waals surface area (Å²) < 4.78 is 18.2. The number of amides is 2. The Morgan fingerprint density at radius 2 is 1.84 bits per heavy atom. The standard InChI is InChI=1S/C35H34FN5O3/c1-34(2)21-40(20-22-7-9-25(10-8-22)41-30-6-4-3-5-23(30)19-38-41)16-15-35(34,44)28-12-13-29-27(32(28)36)17-24(18-37-29)26-11-14-31(42)39-33(26)43/h3-10,12-13,17-19,26,44H,11,14-16,20-21H2,1-2H3,(H,39,42,43)/t26?,35-/m0/s1. The van der Waals surface area contributed by atoms with Crippen molar-refractivity contribution in [3.05, 3.63) is 102 Å². The Hall–Kier alpha value is -4.47. The first-order valence-electron chi connectivity index (χ1n) is 15.0. The van der Waals surface area contributed by atoms with E-state index in [0.717, 1.165) is 22.2 Å². The van der Waals surface area contributed by atoms with Crippen LogP contribution in [0.4, 0.5) is 4.39 Å². The van der Waals surface area contributed by atoms with E-state index in [0.29, 0.717) is 43.6 Å². The average molecular weight is 592 g/mol. The Kier molecular flexibility index (Phi) is 6.82. The number of para-hydroxylation sites is 1. The average Bonchev–Trinajstić information content (AvgIpc) is 3.44. The largest absolute Gasteiger partial charge is 0.384 e. The molecule has 2 amide bonds. The maximum atomic E-state index is 16.3. The second kappa shape index (κ2) is 10.6. The number of aromatic nitrogens is 3. The second-order valence-electron chi connectivity index (χ2n) is 12.8. The van der Waals surface area contributed by atoms with E-state index in [4.69, 9.17) is 0 Å². The maximum Gasteiger partial charge on any atom is 0.234 e. The minimum absolute atomic E-state index is 0.229. The first-order valence-corrected chi connectivity index (χ1v) is 15.0. The van der Waals surface area contributed by atoms with Crippen molar-refractivity contribution in [3.63, 3.8) is 0 Å². The normalized spacial score (nSPS) is 22.4. The number of carbonyl (C=O) groups excluding carboxylic acids is 2. The van der Waals surface area contributed by atoms with Gasteiger partial charge in [-0.05, 0) is 54.3 Å². The molecule has 2 saturated heterocycles. The van der Waals surface area contributed by atoms with Crippen molar-refractivity contribution in [1.82, 2.24) is 25.0 Å². The van der Waals surface area contributed by atoms with Crippen LogP contribution in [0, 0.1) is 11.2 Å². The summed E-state index contributed by atoms with van der Waals surface area (Å²) in [4.78, 5) is 30.8. The molecule has 1 unspecified atom stereocenters. The molecule has 0 spiro atoms. The Bertz CT molecular complexity index is 1920. The Morgan fingerprint density at radius 3 is 2.61 bits per heavy atom. The van der Waals surface area contributed by atoms with Crippen LogP contribution in [0.5, 0.6) is 0 Å². The molecule has 0 aliphatic carbocycles. The topological polar surface area (TPSA) is 100 Å². The number of piperidine rings is 2. The molecule has 8 nitrogen and oxygen atoms in total. The lowest BCUT2D eigenvalue weighted by Crippen LogP contribution is -2.55. The van der Waals surface area contributed by atoms with Crippen molar-refractivity contribution >= 4 is 33.6 Å². The number of hydrogen-bond acceptors (Lipinski definition) is 6. The van der Waals surface area contributed by atoms with E-state index in [9.17, 15) is 14.7 Å². The fourth-order valence-electron chi connectivity index (χ4n) is 6.94. The molecule has 2 atom stereocenters. The van der Waals surface area contributed by atoms with Crippen molar-refractivity contribution in [2.45, 2.75) is 51.2 Å². The van der Waals surface area contributed by atoms with Crippen LogP contribution in [0.15, 0.2) is 79.1 Å². The van der Waals surface area contributed by atoms with Gasteiger partial charge in [0.05, 0.1) is 34.4 Å². The number of imide groups is 1. The smallest absolute Gasteiger partial charge is 0.234 e. The third-order valence-electron chi connectivity index (χ3n) is 9.50. The summed E-state index contributed by atoms with van der Waals surface area (Å²) in [5.41, 5.74) is 2.38. The number of carbonyl (C=O) groups is 2. The van der Waals surface area contributed by atoms with Gasteiger partial charge in [0, 0.05) is 54.0 Å². The zero-order chi connectivity index (χ0) is 30.6. The summed E-state index contributed by atoms with van der Waals surface area (Å²) in [7, 11) is 0. The van der Waals surface area contributed by atoms with Gasteiger partial charge in [0.15, 0.2) is 0 Å². The van der Waals surface area contributed by atoms with Crippen molar-refractivity contribution in [2.24, 2.45) is 5.41 Å². The lowest BCUT2D eigenvalue weighted by atomic mass is 9.66. The quantitative estimate of drug-likeness (QED) is 0.267. The van der Waals surface area contributed by atoms with Gasteiger partial charge in [-0.25, -0.2) is 9.07 Å². The molecule has 2 fully saturated rings. The molecule has 3 aromatic carbocycles. The molecule has 2 aliphatic heterocycles. The highest BCUT2D eigenvalue weighted by Crippen LogP contribution is 2.48. The third-order valence-corrected chi connectivity index (χ3v) is 9.50. The minimum atomic E-state index is -1.41. The molecule has 2 aromatic heterocycles. The van der Waals surface area contributed by atoms with Crippen LogP contribution in [0.1, 0.15) is 55.7 Å². The van der Waals surface area contributed by atoms with Crippen molar-refractivity contribution < 1.29 is 19.1 Å². The number of pyridine rings is 1. The van der Waals surface area contributed by atoms with Gasteiger partial charge in [-0.2, -0.15) is 5.10 Å². The molecular weight excluding hydrogens is 557 g/mol. The van der Waals surface area contributed by atoms with E-state index in [1.807, 2.05) is 42.9 Å². The number of rotatable bonds is 5. The highest BCUT2D eigenvalue weighted by Gasteiger charge is 2.50. The van der Waals surface area contributed by atoms with Gasteiger partial charge in [0.1, 0.15) is 5.82 Å². The zero-order valence-corrected chi connectivity index (χ0v) is 24.8. The summed E-state index contributed by atoms with van der Waals surface area (Å²) >= 11 is 0. The number of hydrogen-bond donors (Lipinski definition) is 2. The first kappa shape index (κ1) is 28.3. The molecular formula is C35H34FN5O3. The number of fused-ring (bicyclic) bond motifs is 2. The number of nitrogens with one attached hydrogen (secondary N) is 1. The predicted molar refractivity (Wildman–Crippen MR) is 165 cm³/mol. The number of nitrogens with zero attached hydrogens (tertiary/aromatic N) is 4. The highest BCUT2D eigenvalue weighted by molar-refractivity contribution is 6.01. The van der Waals surface area contributed by atoms with Gasteiger partial charge < -0.3 is 5.11 Å². The first-order chi connectivity index (χ1) is 21.1. The maximum absolute atomic E-state index is 16.3. The minimum Gasteiger partial charge on any atom is -0.384 e. The van der Waals surface area contributed by atoms with Crippen molar-refractivity contribution in [1.29, 1.82) is 0 Å². The molecule has 2 N–H and O–H groups in total. The fourth-order valence-corrected chi connectivity index (χ4v) is 6.94. The number of aliphatic hydroxyl groups is 1. The number of benzene rings is 3.